The highest BCUT2D eigenvalue weighted by molar-refractivity contribution is 7.19. The highest BCUT2D eigenvalue weighted by atomic mass is 32.1. The van der Waals surface area contributed by atoms with E-state index in [9.17, 15) is 4.79 Å². The summed E-state index contributed by atoms with van der Waals surface area (Å²) in [5, 5.41) is 1.27. The van der Waals surface area contributed by atoms with Gasteiger partial charge in [0, 0.05) is 36.6 Å². The number of carbonyl (C=O) groups excluding carboxylic acids is 1. The Labute approximate surface area is 193 Å². The van der Waals surface area contributed by atoms with Gasteiger partial charge in [-0.25, -0.2) is 9.97 Å². The summed E-state index contributed by atoms with van der Waals surface area (Å²) in [4.78, 5) is 32.1. The van der Waals surface area contributed by atoms with Crippen LogP contribution in [0.2, 0.25) is 0 Å². The molecule has 168 valence electrons. The van der Waals surface area contributed by atoms with Crippen molar-refractivity contribution in [3.63, 3.8) is 0 Å². The van der Waals surface area contributed by atoms with Crippen LogP contribution in [-0.4, -0.2) is 65.9 Å². The highest BCUT2D eigenvalue weighted by Gasteiger charge is 2.28. The Kier molecular flexibility index (Phi) is 5.86. The van der Waals surface area contributed by atoms with Crippen molar-refractivity contribution in [2.45, 2.75) is 39.2 Å². The molecule has 0 bridgehead atoms. The number of rotatable bonds is 4. The van der Waals surface area contributed by atoms with Crippen molar-refractivity contribution in [1.29, 1.82) is 0 Å². The SMILES string of the molecule is Cc1ccc(C(=O)N2CCN(c3nc(CN(C)C)nc4sc5c(c34)CCCC5)CC2)cc1. The van der Waals surface area contributed by atoms with Crippen molar-refractivity contribution in [3.05, 3.63) is 51.7 Å². The fourth-order valence-corrected chi connectivity index (χ4v) is 6.04. The van der Waals surface area contributed by atoms with Crippen LogP contribution in [0.25, 0.3) is 10.2 Å². The van der Waals surface area contributed by atoms with E-state index in [4.69, 9.17) is 9.97 Å². The van der Waals surface area contributed by atoms with E-state index in [1.54, 1.807) is 0 Å². The fraction of sp³-hybridized carbons (Fsp3) is 0.480. The molecule has 3 heterocycles. The minimum absolute atomic E-state index is 0.124. The molecule has 1 amide bonds. The first-order valence-corrected chi connectivity index (χ1v) is 12.4. The molecule has 1 fully saturated rings. The Hall–Kier alpha value is -2.51. The second kappa shape index (κ2) is 8.79. The number of anilines is 1. The predicted octanol–water partition coefficient (Wildman–Crippen LogP) is 3.90. The Bertz CT molecular complexity index is 1130. The van der Waals surface area contributed by atoms with E-state index < -0.39 is 0 Å². The topological polar surface area (TPSA) is 52.6 Å². The summed E-state index contributed by atoms with van der Waals surface area (Å²) in [5.41, 5.74) is 3.42. The van der Waals surface area contributed by atoms with Gasteiger partial charge in [0.2, 0.25) is 0 Å². The van der Waals surface area contributed by atoms with Crippen LogP contribution >= 0.6 is 11.3 Å². The van der Waals surface area contributed by atoms with Gasteiger partial charge in [0.1, 0.15) is 16.5 Å². The Morgan fingerprint density at radius 3 is 2.47 bits per heavy atom. The van der Waals surface area contributed by atoms with Gasteiger partial charge in [0.05, 0.1) is 11.9 Å². The maximum atomic E-state index is 13.0. The molecule has 2 aromatic heterocycles. The zero-order chi connectivity index (χ0) is 22.2. The van der Waals surface area contributed by atoms with Crippen molar-refractivity contribution in [3.8, 4) is 0 Å². The smallest absolute Gasteiger partial charge is 0.253 e. The molecule has 2 aliphatic rings. The third-order valence-electron chi connectivity index (χ3n) is 6.46. The number of aryl methyl sites for hydroxylation is 3. The third kappa shape index (κ3) is 4.11. The molecule has 0 spiro atoms. The van der Waals surface area contributed by atoms with Gasteiger partial charge in [0.15, 0.2) is 0 Å². The predicted molar refractivity (Wildman–Crippen MR) is 131 cm³/mol. The molecule has 0 N–H and O–H groups in total. The van der Waals surface area contributed by atoms with Crippen LogP contribution in [0.15, 0.2) is 24.3 Å². The van der Waals surface area contributed by atoms with Crippen LogP contribution in [0.4, 0.5) is 5.82 Å². The second-order valence-electron chi connectivity index (χ2n) is 9.24. The molecule has 0 radical (unpaired) electrons. The van der Waals surface area contributed by atoms with E-state index in [1.165, 1.54) is 34.2 Å². The van der Waals surface area contributed by atoms with Gasteiger partial charge in [0.25, 0.3) is 5.91 Å². The maximum absolute atomic E-state index is 13.0. The number of aromatic nitrogens is 2. The molecule has 7 heteroatoms. The van der Waals surface area contributed by atoms with Gasteiger partial charge in [-0.05, 0) is 64.4 Å². The lowest BCUT2D eigenvalue weighted by atomic mass is 9.97. The van der Waals surface area contributed by atoms with Crippen LogP contribution in [0.1, 0.15) is 45.0 Å². The number of amides is 1. The molecule has 5 rings (SSSR count). The van der Waals surface area contributed by atoms with Gasteiger partial charge in [-0.1, -0.05) is 17.7 Å². The summed E-state index contributed by atoms with van der Waals surface area (Å²) >= 11 is 1.86. The van der Waals surface area contributed by atoms with Crippen molar-refractivity contribution >= 4 is 33.3 Å². The lowest BCUT2D eigenvalue weighted by Crippen LogP contribution is -2.49. The van der Waals surface area contributed by atoms with Crippen LogP contribution in [0.3, 0.4) is 0 Å². The van der Waals surface area contributed by atoms with Gasteiger partial charge in [-0.15, -0.1) is 11.3 Å². The fourth-order valence-electron chi connectivity index (χ4n) is 4.76. The molecule has 1 saturated heterocycles. The minimum atomic E-state index is 0.124. The molecule has 1 aromatic carbocycles. The normalized spacial score (nSPS) is 16.6. The number of hydrogen-bond acceptors (Lipinski definition) is 6. The number of fused-ring (bicyclic) bond motifs is 3. The molecular formula is C25H31N5OS. The van der Waals surface area contributed by atoms with Crippen molar-refractivity contribution < 1.29 is 4.79 Å². The van der Waals surface area contributed by atoms with Crippen LogP contribution in [-0.2, 0) is 19.4 Å². The summed E-state index contributed by atoms with van der Waals surface area (Å²) < 4.78 is 0. The van der Waals surface area contributed by atoms with Gasteiger partial charge >= 0.3 is 0 Å². The molecule has 0 atom stereocenters. The Balaban J connectivity index is 1.42. The van der Waals surface area contributed by atoms with Gasteiger partial charge < -0.3 is 14.7 Å². The first-order chi connectivity index (χ1) is 15.5. The van der Waals surface area contributed by atoms with Gasteiger partial charge in [-0.3, -0.25) is 4.79 Å². The molecule has 6 nitrogen and oxygen atoms in total. The van der Waals surface area contributed by atoms with E-state index in [0.29, 0.717) is 13.1 Å². The van der Waals surface area contributed by atoms with E-state index in [1.807, 2.05) is 47.4 Å². The average Bonchev–Trinajstić information content (AvgIpc) is 3.17. The molecule has 0 saturated carbocycles. The second-order valence-corrected chi connectivity index (χ2v) is 10.3. The molecule has 1 aliphatic carbocycles. The number of carbonyl (C=O) groups is 1. The van der Waals surface area contributed by atoms with Crippen molar-refractivity contribution in [1.82, 2.24) is 19.8 Å². The highest BCUT2D eigenvalue weighted by Crippen LogP contribution is 2.40. The van der Waals surface area contributed by atoms with Crippen molar-refractivity contribution in [2.24, 2.45) is 0 Å². The first-order valence-electron chi connectivity index (χ1n) is 11.6. The largest absolute Gasteiger partial charge is 0.352 e. The molecular weight excluding hydrogens is 418 g/mol. The lowest BCUT2D eigenvalue weighted by molar-refractivity contribution is 0.0746. The standard InChI is InChI=1S/C25H31N5OS/c1-17-8-10-18(11-9-17)25(31)30-14-12-29(13-15-30)23-22-19-6-4-5-7-20(19)32-24(22)27-21(26-23)16-28(2)3/h8-11H,4-7,12-16H2,1-3H3. The molecule has 1 aliphatic heterocycles. The van der Waals surface area contributed by atoms with Crippen LogP contribution < -0.4 is 4.90 Å². The van der Waals surface area contributed by atoms with Crippen LogP contribution in [0, 0.1) is 6.92 Å². The number of nitrogens with zero attached hydrogens (tertiary/aromatic N) is 5. The van der Waals surface area contributed by atoms with E-state index >= 15 is 0 Å². The molecule has 0 unspecified atom stereocenters. The lowest BCUT2D eigenvalue weighted by Gasteiger charge is -2.36. The Morgan fingerprint density at radius 1 is 1.03 bits per heavy atom. The summed E-state index contributed by atoms with van der Waals surface area (Å²) in [6, 6.07) is 7.88. The molecule has 3 aromatic rings. The third-order valence-corrected chi connectivity index (χ3v) is 7.65. The van der Waals surface area contributed by atoms with Crippen LogP contribution in [0.5, 0.6) is 0 Å². The van der Waals surface area contributed by atoms with E-state index in [0.717, 1.165) is 54.5 Å². The molecule has 32 heavy (non-hydrogen) atoms. The number of piperazine rings is 1. The number of hydrogen-bond donors (Lipinski definition) is 0. The van der Waals surface area contributed by atoms with Gasteiger partial charge in [-0.2, -0.15) is 0 Å². The average molecular weight is 450 g/mol. The zero-order valence-corrected chi connectivity index (χ0v) is 20.0. The summed E-state index contributed by atoms with van der Waals surface area (Å²) in [6.07, 6.45) is 4.81. The first kappa shape index (κ1) is 21.3. The zero-order valence-electron chi connectivity index (χ0n) is 19.2. The van der Waals surface area contributed by atoms with E-state index in [2.05, 4.69) is 23.9 Å². The summed E-state index contributed by atoms with van der Waals surface area (Å²) in [7, 11) is 4.12. The number of thiophene rings is 1. The minimum Gasteiger partial charge on any atom is -0.352 e. The monoisotopic (exact) mass is 449 g/mol. The Morgan fingerprint density at radius 2 is 1.75 bits per heavy atom. The van der Waals surface area contributed by atoms with Crippen molar-refractivity contribution in [2.75, 3.05) is 45.2 Å². The quantitative estimate of drug-likeness (QED) is 0.605. The summed E-state index contributed by atoms with van der Waals surface area (Å²) in [5.74, 6) is 2.08. The maximum Gasteiger partial charge on any atom is 0.253 e. The van der Waals surface area contributed by atoms with E-state index in [-0.39, 0.29) is 5.91 Å². The number of benzene rings is 1. The summed E-state index contributed by atoms with van der Waals surface area (Å²) in [6.45, 7) is 5.81.